The molecule has 0 bridgehead atoms. The molecule has 2 aromatic rings. The highest BCUT2D eigenvalue weighted by Gasteiger charge is 2.25. The molecule has 0 saturated carbocycles. The van der Waals surface area contributed by atoms with Crippen LogP contribution in [0.3, 0.4) is 0 Å². The first-order chi connectivity index (χ1) is 10.1. The van der Waals surface area contributed by atoms with E-state index in [1.807, 2.05) is 24.3 Å². The Morgan fingerprint density at radius 1 is 1.19 bits per heavy atom. The molecular weight excluding hydrogens is 327 g/mol. The van der Waals surface area contributed by atoms with Crippen molar-refractivity contribution in [2.45, 2.75) is 4.90 Å². The number of fused-ring (bicyclic) bond motifs is 1. The number of hydrogen-bond acceptors (Lipinski definition) is 3. The Balaban J connectivity index is 2.07. The Morgan fingerprint density at radius 2 is 1.95 bits per heavy atom. The molecule has 0 unspecified atom stereocenters. The number of ketones is 1. The predicted molar refractivity (Wildman–Crippen MR) is 87.6 cm³/mol. The van der Waals surface area contributed by atoms with Gasteiger partial charge in [0.15, 0.2) is 0 Å². The summed E-state index contributed by atoms with van der Waals surface area (Å²) >= 11 is 13.6. The topological polar surface area (TPSA) is 26.3 Å². The van der Waals surface area contributed by atoms with Crippen molar-refractivity contribution in [1.29, 1.82) is 0 Å². The van der Waals surface area contributed by atoms with Crippen LogP contribution in [0.5, 0.6) is 5.75 Å². The van der Waals surface area contributed by atoms with Gasteiger partial charge in [0, 0.05) is 21.0 Å². The van der Waals surface area contributed by atoms with Crippen molar-refractivity contribution in [2.24, 2.45) is 0 Å². The van der Waals surface area contributed by atoms with Gasteiger partial charge in [0.1, 0.15) is 5.75 Å². The second-order valence-electron chi connectivity index (χ2n) is 4.45. The number of carbonyl (C=O) groups excluding carboxylic acids is 1. The third-order valence-electron chi connectivity index (χ3n) is 3.10. The quantitative estimate of drug-likeness (QED) is 0.693. The lowest BCUT2D eigenvalue weighted by Crippen LogP contribution is -1.95. The van der Waals surface area contributed by atoms with Crippen molar-refractivity contribution in [3.63, 3.8) is 0 Å². The molecule has 0 N–H and O–H groups in total. The molecule has 1 heterocycles. The largest absolute Gasteiger partial charge is 0.495 e. The van der Waals surface area contributed by atoms with Crippen LogP contribution in [0.25, 0.3) is 6.08 Å². The van der Waals surface area contributed by atoms with Gasteiger partial charge >= 0.3 is 0 Å². The maximum Gasteiger partial charge on any atom is 0.200 e. The Hall–Kier alpha value is -1.42. The molecule has 2 nitrogen and oxygen atoms in total. The van der Waals surface area contributed by atoms with E-state index in [9.17, 15) is 4.79 Å². The fraction of sp³-hybridized carbons (Fsp3) is 0.0625. The van der Waals surface area contributed by atoms with Crippen LogP contribution in [0.1, 0.15) is 15.9 Å². The number of thioether (sulfide) groups is 1. The van der Waals surface area contributed by atoms with E-state index in [0.29, 0.717) is 26.3 Å². The standard InChI is InChI=1S/C16H10Cl2O2S/c1-20-16-9(6-10(17)8-12(16)18)7-14-15(19)11-4-2-3-5-13(11)21-14/h2-8H,1H3. The van der Waals surface area contributed by atoms with Crippen molar-refractivity contribution in [2.75, 3.05) is 7.11 Å². The molecule has 0 saturated heterocycles. The molecule has 1 aliphatic heterocycles. The third kappa shape index (κ3) is 2.69. The second-order valence-corrected chi connectivity index (χ2v) is 6.37. The summed E-state index contributed by atoms with van der Waals surface area (Å²) in [7, 11) is 1.54. The van der Waals surface area contributed by atoms with Gasteiger partial charge < -0.3 is 4.74 Å². The number of carbonyl (C=O) groups is 1. The molecule has 0 radical (unpaired) electrons. The molecule has 0 amide bonds. The van der Waals surface area contributed by atoms with Crippen LogP contribution < -0.4 is 4.74 Å². The lowest BCUT2D eigenvalue weighted by Gasteiger charge is -2.08. The van der Waals surface area contributed by atoms with Gasteiger partial charge in [-0.25, -0.2) is 0 Å². The van der Waals surface area contributed by atoms with Crippen molar-refractivity contribution < 1.29 is 9.53 Å². The average Bonchev–Trinajstić information content (AvgIpc) is 2.76. The molecule has 2 aromatic carbocycles. The number of ether oxygens (including phenoxy) is 1. The first-order valence-corrected chi connectivity index (χ1v) is 7.73. The maximum absolute atomic E-state index is 12.4. The summed E-state index contributed by atoms with van der Waals surface area (Å²) in [5.41, 5.74) is 1.42. The minimum absolute atomic E-state index is 0.00810. The predicted octanol–water partition coefficient (Wildman–Crippen LogP) is 5.33. The smallest absolute Gasteiger partial charge is 0.200 e. The van der Waals surface area contributed by atoms with Crippen LogP contribution >= 0.6 is 35.0 Å². The maximum atomic E-state index is 12.4. The number of methoxy groups -OCH3 is 1. The van der Waals surface area contributed by atoms with Gasteiger partial charge in [-0.3, -0.25) is 4.79 Å². The molecule has 0 spiro atoms. The highest BCUT2D eigenvalue weighted by Crippen LogP contribution is 2.42. The third-order valence-corrected chi connectivity index (χ3v) is 4.70. The molecule has 0 atom stereocenters. The molecule has 3 rings (SSSR count). The SMILES string of the molecule is COc1c(Cl)cc(Cl)cc1C=C1Sc2ccccc2C1=O. The zero-order valence-electron chi connectivity index (χ0n) is 11.0. The second kappa shape index (κ2) is 5.76. The number of allylic oxidation sites excluding steroid dienone is 1. The molecule has 106 valence electrons. The molecule has 1 aliphatic rings. The fourth-order valence-electron chi connectivity index (χ4n) is 2.18. The highest BCUT2D eigenvalue weighted by atomic mass is 35.5. The summed E-state index contributed by atoms with van der Waals surface area (Å²) in [5.74, 6) is 0.520. The van der Waals surface area contributed by atoms with Gasteiger partial charge in [-0.2, -0.15) is 0 Å². The Bertz CT molecular complexity index is 769. The van der Waals surface area contributed by atoms with E-state index in [1.54, 1.807) is 18.2 Å². The molecule has 0 fully saturated rings. The number of hydrogen-bond donors (Lipinski definition) is 0. The molecule has 21 heavy (non-hydrogen) atoms. The van der Waals surface area contributed by atoms with Gasteiger partial charge in [-0.15, -0.1) is 0 Å². The number of rotatable bonds is 2. The fourth-order valence-corrected chi connectivity index (χ4v) is 3.81. The van der Waals surface area contributed by atoms with Gasteiger partial charge in [0.25, 0.3) is 0 Å². The Morgan fingerprint density at radius 3 is 2.67 bits per heavy atom. The van der Waals surface area contributed by atoms with Crippen molar-refractivity contribution in [1.82, 2.24) is 0 Å². The number of benzene rings is 2. The Labute approximate surface area is 136 Å². The van der Waals surface area contributed by atoms with E-state index >= 15 is 0 Å². The molecule has 0 aliphatic carbocycles. The summed E-state index contributed by atoms with van der Waals surface area (Å²) in [4.78, 5) is 14.0. The van der Waals surface area contributed by atoms with E-state index < -0.39 is 0 Å². The van der Waals surface area contributed by atoms with Crippen LogP contribution in [-0.2, 0) is 0 Å². The van der Waals surface area contributed by atoms with Crippen LogP contribution in [0.4, 0.5) is 0 Å². The number of Topliss-reactive ketones (excluding diaryl/α,β-unsaturated/α-hetero) is 1. The van der Waals surface area contributed by atoms with E-state index in [4.69, 9.17) is 27.9 Å². The van der Waals surface area contributed by atoms with Gasteiger partial charge in [-0.05, 0) is 30.3 Å². The summed E-state index contributed by atoms with van der Waals surface area (Å²) in [5, 5.41) is 0.922. The van der Waals surface area contributed by atoms with Gasteiger partial charge in [-0.1, -0.05) is 47.1 Å². The minimum Gasteiger partial charge on any atom is -0.495 e. The van der Waals surface area contributed by atoms with E-state index in [2.05, 4.69) is 0 Å². The van der Waals surface area contributed by atoms with Crippen LogP contribution in [0, 0.1) is 0 Å². The number of halogens is 2. The van der Waals surface area contributed by atoms with E-state index in [1.165, 1.54) is 18.9 Å². The minimum atomic E-state index is 0.00810. The van der Waals surface area contributed by atoms with E-state index in [0.717, 1.165) is 10.5 Å². The summed E-state index contributed by atoms with van der Waals surface area (Å²) < 4.78 is 5.30. The first-order valence-electron chi connectivity index (χ1n) is 6.16. The first kappa shape index (κ1) is 14.5. The zero-order chi connectivity index (χ0) is 15.0. The summed E-state index contributed by atoms with van der Waals surface area (Å²) in [6, 6.07) is 10.9. The highest BCUT2D eigenvalue weighted by molar-refractivity contribution is 8.04. The van der Waals surface area contributed by atoms with Crippen LogP contribution in [0.15, 0.2) is 46.2 Å². The Kier molecular flexibility index (Phi) is 3.98. The molecule has 0 aromatic heterocycles. The summed E-state index contributed by atoms with van der Waals surface area (Å²) in [6.07, 6.45) is 1.77. The van der Waals surface area contributed by atoms with Crippen molar-refractivity contribution in [3.05, 3.63) is 62.5 Å². The van der Waals surface area contributed by atoms with Crippen molar-refractivity contribution >= 4 is 46.8 Å². The van der Waals surface area contributed by atoms with Crippen molar-refractivity contribution in [3.8, 4) is 5.75 Å². The van der Waals surface area contributed by atoms with Gasteiger partial charge in [0.2, 0.25) is 5.78 Å². The normalized spacial score (nSPS) is 15.4. The molecule has 5 heteroatoms. The van der Waals surface area contributed by atoms with Crippen LogP contribution in [-0.4, -0.2) is 12.9 Å². The monoisotopic (exact) mass is 336 g/mol. The van der Waals surface area contributed by atoms with Gasteiger partial charge in [0.05, 0.1) is 17.0 Å². The van der Waals surface area contributed by atoms with E-state index in [-0.39, 0.29) is 5.78 Å². The lowest BCUT2D eigenvalue weighted by molar-refractivity contribution is 0.104. The summed E-state index contributed by atoms with van der Waals surface area (Å²) in [6.45, 7) is 0. The van der Waals surface area contributed by atoms with Crippen LogP contribution in [0.2, 0.25) is 10.0 Å². The average molecular weight is 337 g/mol. The molecular formula is C16H10Cl2O2S. The lowest BCUT2D eigenvalue weighted by atomic mass is 10.1. The zero-order valence-corrected chi connectivity index (χ0v) is 13.4.